The van der Waals surface area contributed by atoms with Crippen LogP contribution in [0.1, 0.15) is 22.3 Å². The van der Waals surface area contributed by atoms with Crippen LogP contribution in [0.25, 0.3) is 23.3 Å². The van der Waals surface area contributed by atoms with Crippen LogP contribution in [0.5, 0.6) is 0 Å². The van der Waals surface area contributed by atoms with Crippen LogP contribution in [0.4, 0.5) is 5.69 Å². The molecule has 27 heavy (non-hydrogen) atoms. The smallest absolute Gasteiger partial charge is 0.0998 e. The zero-order valence-corrected chi connectivity index (χ0v) is 14.6. The van der Waals surface area contributed by atoms with Crippen LogP contribution in [-0.4, -0.2) is 0 Å². The number of nitrogens with two attached hydrogens (primary N) is 1. The molecule has 3 aromatic rings. The van der Waals surface area contributed by atoms with Crippen molar-refractivity contribution in [2.24, 2.45) is 0 Å². The molecule has 0 saturated carbocycles. The van der Waals surface area contributed by atoms with Crippen molar-refractivity contribution >= 4 is 29.0 Å². The van der Waals surface area contributed by atoms with Gasteiger partial charge in [-0.3, -0.25) is 0 Å². The molecule has 0 aliphatic heterocycles. The molecular formula is C24H17N3. The summed E-state index contributed by atoms with van der Waals surface area (Å²) in [7, 11) is 0. The molecule has 0 saturated heterocycles. The fourth-order valence-corrected chi connectivity index (χ4v) is 2.66. The van der Waals surface area contributed by atoms with E-state index in [0.717, 1.165) is 22.3 Å². The number of rotatable bonds is 4. The molecule has 0 radical (unpaired) electrons. The predicted molar refractivity (Wildman–Crippen MR) is 111 cm³/mol. The number of anilines is 1. The molecule has 0 unspecified atom stereocenters. The normalized spacial score (nSPS) is 11.5. The van der Waals surface area contributed by atoms with Crippen LogP contribution in [-0.2, 0) is 0 Å². The summed E-state index contributed by atoms with van der Waals surface area (Å²) < 4.78 is 0. The van der Waals surface area contributed by atoms with Gasteiger partial charge in [-0.2, -0.15) is 10.5 Å². The average molecular weight is 347 g/mol. The number of allylic oxidation sites excluding steroid dienone is 2. The predicted octanol–water partition coefficient (Wildman–Crippen LogP) is 5.40. The van der Waals surface area contributed by atoms with E-state index >= 15 is 0 Å². The van der Waals surface area contributed by atoms with Crippen LogP contribution in [0, 0.1) is 22.7 Å². The second-order valence-corrected chi connectivity index (χ2v) is 5.99. The number of benzene rings is 3. The van der Waals surface area contributed by atoms with E-state index in [2.05, 4.69) is 12.1 Å². The Bertz CT molecular complexity index is 1060. The average Bonchev–Trinajstić information content (AvgIpc) is 2.72. The zero-order valence-electron chi connectivity index (χ0n) is 14.6. The van der Waals surface area contributed by atoms with Gasteiger partial charge in [-0.25, -0.2) is 0 Å². The second-order valence-electron chi connectivity index (χ2n) is 5.99. The largest absolute Gasteiger partial charge is 0.399 e. The van der Waals surface area contributed by atoms with Gasteiger partial charge in [0.15, 0.2) is 0 Å². The Morgan fingerprint density at radius 1 is 0.630 bits per heavy atom. The Balaban J connectivity index is 1.89. The van der Waals surface area contributed by atoms with Crippen molar-refractivity contribution in [2.75, 3.05) is 5.73 Å². The maximum atomic E-state index is 9.51. The Morgan fingerprint density at radius 3 is 1.52 bits per heavy atom. The van der Waals surface area contributed by atoms with Gasteiger partial charge in [0.25, 0.3) is 0 Å². The Morgan fingerprint density at radius 2 is 1.07 bits per heavy atom. The molecule has 0 atom stereocenters. The molecule has 128 valence electrons. The Kier molecular flexibility index (Phi) is 5.48. The minimum atomic E-state index is 0.553. The lowest BCUT2D eigenvalue weighted by atomic mass is 9.99. The molecule has 3 aromatic carbocycles. The van der Waals surface area contributed by atoms with E-state index in [1.54, 1.807) is 12.1 Å². The summed E-state index contributed by atoms with van der Waals surface area (Å²) in [6, 6.07) is 29.0. The van der Waals surface area contributed by atoms with E-state index in [-0.39, 0.29) is 0 Å². The minimum absolute atomic E-state index is 0.553. The van der Waals surface area contributed by atoms with E-state index in [1.807, 2.05) is 78.9 Å². The van der Waals surface area contributed by atoms with Crippen LogP contribution in [0.15, 0.2) is 78.9 Å². The number of hydrogen-bond acceptors (Lipinski definition) is 3. The lowest BCUT2D eigenvalue weighted by Crippen LogP contribution is -1.87. The lowest BCUT2D eigenvalue weighted by Gasteiger charge is -2.04. The van der Waals surface area contributed by atoms with Gasteiger partial charge in [0, 0.05) is 5.69 Å². The van der Waals surface area contributed by atoms with Crippen LogP contribution < -0.4 is 5.73 Å². The first-order valence-corrected chi connectivity index (χ1v) is 8.44. The highest BCUT2D eigenvalue weighted by Gasteiger charge is 2.05. The summed E-state index contributed by atoms with van der Waals surface area (Å²) in [6.45, 7) is 0. The Labute approximate surface area is 158 Å². The highest BCUT2D eigenvalue weighted by molar-refractivity contribution is 5.92. The molecule has 3 nitrogen and oxygen atoms in total. The van der Waals surface area contributed by atoms with Crippen molar-refractivity contribution in [3.63, 3.8) is 0 Å². The standard InChI is InChI=1S/C24H17N3/c25-16-22(14-18-4-2-1-3-5-18)20-8-10-21(11-9-20)23(17-26)15-19-6-12-24(27)13-7-19/h1-15H,27H2. The topological polar surface area (TPSA) is 73.6 Å². The van der Waals surface area contributed by atoms with Gasteiger partial charge < -0.3 is 5.73 Å². The van der Waals surface area contributed by atoms with Gasteiger partial charge >= 0.3 is 0 Å². The number of nitrogens with zero attached hydrogens (tertiary/aromatic N) is 2. The maximum Gasteiger partial charge on any atom is 0.0998 e. The van der Waals surface area contributed by atoms with Gasteiger partial charge in [0.05, 0.1) is 23.3 Å². The van der Waals surface area contributed by atoms with Crippen molar-refractivity contribution in [3.05, 3.63) is 101 Å². The van der Waals surface area contributed by atoms with Gasteiger partial charge in [0.2, 0.25) is 0 Å². The molecule has 0 amide bonds. The molecule has 3 heteroatoms. The summed E-state index contributed by atoms with van der Waals surface area (Å²) in [5, 5.41) is 19.0. The van der Waals surface area contributed by atoms with Crippen molar-refractivity contribution in [2.45, 2.75) is 0 Å². The van der Waals surface area contributed by atoms with Gasteiger partial charge in [-0.1, -0.05) is 66.7 Å². The number of nitriles is 2. The summed E-state index contributed by atoms with van der Waals surface area (Å²) in [6.07, 6.45) is 3.67. The third kappa shape index (κ3) is 4.51. The van der Waals surface area contributed by atoms with Crippen LogP contribution in [0.3, 0.4) is 0 Å². The minimum Gasteiger partial charge on any atom is -0.399 e. The third-order valence-corrected chi connectivity index (χ3v) is 4.11. The molecule has 0 aliphatic carbocycles. The number of nitrogen functional groups attached to an aromatic ring is 1. The summed E-state index contributed by atoms with van der Waals surface area (Å²) in [5.74, 6) is 0. The molecule has 0 aromatic heterocycles. The lowest BCUT2D eigenvalue weighted by molar-refractivity contribution is 1.50. The molecular weight excluding hydrogens is 330 g/mol. The summed E-state index contributed by atoms with van der Waals surface area (Å²) in [4.78, 5) is 0. The highest BCUT2D eigenvalue weighted by atomic mass is 14.5. The van der Waals surface area contributed by atoms with E-state index in [1.165, 1.54) is 0 Å². The molecule has 2 N–H and O–H groups in total. The van der Waals surface area contributed by atoms with Gasteiger partial charge in [0.1, 0.15) is 0 Å². The summed E-state index contributed by atoms with van der Waals surface area (Å²) >= 11 is 0. The number of hydrogen-bond donors (Lipinski definition) is 1. The first kappa shape index (κ1) is 17.7. The Hall–Kier alpha value is -4.08. The first-order valence-electron chi connectivity index (χ1n) is 8.44. The molecule has 0 heterocycles. The SMILES string of the molecule is N#CC(=Cc1ccccc1)c1ccc(C(C#N)=Cc2ccc(N)cc2)cc1. The second kappa shape index (κ2) is 8.34. The van der Waals surface area contributed by atoms with Crippen molar-refractivity contribution < 1.29 is 0 Å². The zero-order chi connectivity index (χ0) is 19.1. The molecule has 3 rings (SSSR count). The quantitative estimate of drug-likeness (QED) is 0.390. The van der Waals surface area contributed by atoms with Crippen molar-refractivity contribution in [1.82, 2.24) is 0 Å². The molecule has 0 bridgehead atoms. The van der Waals surface area contributed by atoms with E-state index in [0.29, 0.717) is 16.8 Å². The maximum absolute atomic E-state index is 9.51. The van der Waals surface area contributed by atoms with E-state index in [9.17, 15) is 10.5 Å². The van der Waals surface area contributed by atoms with Crippen LogP contribution in [0.2, 0.25) is 0 Å². The molecule has 0 spiro atoms. The third-order valence-electron chi connectivity index (χ3n) is 4.11. The fraction of sp³-hybridized carbons (Fsp3) is 0. The highest BCUT2D eigenvalue weighted by Crippen LogP contribution is 2.23. The van der Waals surface area contributed by atoms with Gasteiger partial charge in [-0.15, -0.1) is 0 Å². The van der Waals surface area contributed by atoms with Crippen LogP contribution >= 0.6 is 0 Å². The first-order chi connectivity index (χ1) is 13.2. The van der Waals surface area contributed by atoms with Crippen molar-refractivity contribution in [1.29, 1.82) is 10.5 Å². The van der Waals surface area contributed by atoms with Crippen molar-refractivity contribution in [3.8, 4) is 12.1 Å². The van der Waals surface area contributed by atoms with Gasteiger partial charge in [-0.05, 0) is 46.5 Å². The molecule has 0 aliphatic rings. The van der Waals surface area contributed by atoms with E-state index < -0.39 is 0 Å². The molecule has 0 fully saturated rings. The monoisotopic (exact) mass is 347 g/mol. The fourth-order valence-electron chi connectivity index (χ4n) is 2.66. The van der Waals surface area contributed by atoms with E-state index in [4.69, 9.17) is 5.73 Å². The summed E-state index contributed by atoms with van der Waals surface area (Å²) in [5.41, 5.74) is 11.0.